The van der Waals surface area contributed by atoms with E-state index in [1.807, 2.05) is 48.5 Å². The van der Waals surface area contributed by atoms with Crippen LogP contribution in [-0.4, -0.2) is 19.7 Å². The van der Waals surface area contributed by atoms with Crippen LogP contribution >= 0.6 is 11.6 Å². The predicted octanol–water partition coefficient (Wildman–Crippen LogP) is 3.92. The Morgan fingerprint density at radius 2 is 1.65 bits per heavy atom. The normalized spacial score (nSPS) is 20.3. The van der Waals surface area contributed by atoms with E-state index in [9.17, 15) is 4.79 Å². The summed E-state index contributed by atoms with van der Waals surface area (Å²) >= 11 is 5.92. The summed E-state index contributed by atoms with van der Waals surface area (Å²) in [4.78, 5) is 12.1. The number of hydrogen-bond acceptors (Lipinski definition) is 3. The molecular formula is C19H19ClO3. The molecule has 1 fully saturated rings. The van der Waals surface area contributed by atoms with Crippen molar-refractivity contribution in [3.05, 3.63) is 64.7 Å². The van der Waals surface area contributed by atoms with Gasteiger partial charge >= 0.3 is 5.97 Å². The molecule has 1 aliphatic rings. The number of esters is 1. The lowest BCUT2D eigenvalue weighted by Crippen LogP contribution is -2.20. The Bertz CT molecular complexity index is 664. The van der Waals surface area contributed by atoms with Crippen molar-refractivity contribution in [1.29, 1.82) is 0 Å². The number of methoxy groups -OCH3 is 1. The van der Waals surface area contributed by atoms with Crippen LogP contribution in [0.3, 0.4) is 0 Å². The minimum absolute atomic E-state index is 0.0986. The highest BCUT2D eigenvalue weighted by Gasteiger charge is 2.36. The van der Waals surface area contributed by atoms with Gasteiger partial charge in [0.15, 0.2) is 0 Å². The average molecular weight is 331 g/mol. The number of carbonyl (C=O) groups is 1. The fourth-order valence-electron chi connectivity index (χ4n) is 2.99. The summed E-state index contributed by atoms with van der Waals surface area (Å²) in [5, 5.41) is 0.706. The zero-order valence-corrected chi connectivity index (χ0v) is 13.8. The molecule has 23 heavy (non-hydrogen) atoms. The van der Waals surface area contributed by atoms with Crippen LogP contribution in [0.15, 0.2) is 48.5 Å². The maximum Gasteiger partial charge on any atom is 0.309 e. The minimum atomic E-state index is -0.0988. The first-order chi connectivity index (χ1) is 11.2. The van der Waals surface area contributed by atoms with E-state index in [1.54, 1.807) is 7.11 Å². The molecule has 0 saturated carbocycles. The number of benzene rings is 2. The minimum Gasteiger partial charge on any atom is -0.497 e. The van der Waals surface area contributed by atoms with Gasteiger partial charge in [-0.25, -0.2) is 0 Å². The summed E-state index contributed by atoms with van der Waals surface area (Å²) in [6.07, 6.45) is 1.52. The highest BCUT2D eigenvalue weighted by molar-refractivity contribution is 6.30. The molecule has 0 amide bonds. The van der Waals surface area contributed by atoms with Crippen molar-refractivity contribution in [2.45, 2.75) is 12.8 Å². The van der Waals surface area contributed by atoms with Gasteiger partial charge in [0.25, 0.3) is 0 Å². The van der Waals surface area contributed by atoms with Gasteiger partial charge in [-0.05, 0) is 48.2 Å². The molecule has 120 valence electrons. The van der Waals surface area contributed by atoms with Gasteiger partial charge in [0.1, 0.15) is 5.75 Å². The number of rotatable bonds is 5. The predicted molar refractivity (Wildman–Crippen MR) is 89.8 cm³/mol. The number of ether oxygens (including phenoxy) is 2. The number of cyclic esters (lactones) is 1. The molecule has 1 saturated heterocycles. The van der Waals surface area contributed by atoms with Crippen molar-refractivity contribution in [2.75, 3.05) is 13.7 Å². The van der Waals surface area contributed by atoms with Gasteiger partial charge in [0, 0.05) is 10.9 Å². The molecule has 0 N–H and O–H groups in total. The first-order valence-corrected chi connectivity index (χ1v) is 8.07. The second-order valence-electron chi connectivity index (χ2n) is 5.88. The first kappa shape index (κ1) is 15.9. The summed E-state index contributed by atoms with van der Waals surface area (Å²) in [5.74, 6) is 0.841. The third-order valence-corrected chi connectivity index (χ3v) is 4.59. The SMILES string of the molecule is COc1ccc(CC2COC(=O)C2Cc2ccc(Cl)cc2)cc1. The van der Waals surface area contributed by atoms with Crippen molar-refractivity contribution in [2.24, 2.45) is 11.8 Å². The van der Waals surface area contributed by atoms with E-state index in [1.165, 1.54) is 5.56 Å². The number of halogens is 1. The smallest absolute Gasteiger partial charge is 0.309 e. The molecule has 0 spiro atoms. The quantitative estimate of drug-likeness (QED) is 0.779. The van der Waals surface area contributed by atoms with E-state index in [-0.39, 0.29) is 17.8 Å². The van der Waals surface area contributed by atoms with Gasteiger partial charge < -0.3 is 9.47 Å². The average Bonchev–Trinajstić information content (AvgIpc) is 2.91. The van der Waals surface area contributed by atoms with Crippen molar-refractivity contribution < 1.29 is 14.3 Å². The first-order valence-electron chi connectivity index (χ1n) is 7.69. The van der Waals surface area contributed by atoms with E-state index in [2.05, 4.69) is 0 Å². The van der Waals surface area contributed by atoms with Gasteiger partial charge in [0.05, 0.1) is 19.6 Å². The molecule has 0 aliphatic carbocycles. The Hall–Kier alpha value is -2.00. The molecular weight excluding hydrogens is 312 g/mol. The number of carbonyl (C=O) groups excluding carboxylic acids is 1. The lowest BCUT2D eigenvalue weighted by molar-refractivity contribution is -0.141. The Labute approximate surface area is 141 Å². The molecule has 2 unspecified atom stereocenters. The zero-order valence-electron chi connectivity index (χ0n) is 13.0. The molecule has 1 heterocycles. The fraction of sp³-hybridized carbons (Fsp3) is 0.316. The number of hydrogen-bond donors (Lipinski definition) is 0. The Morgan fingerprint density at radius 3 is 2.30 bits per heavy atom. The van der Waals surface area contributed by atoms with Crippen LogP contribution in [0.5, 0.6) is 5.75 Å². The highest BCUT2D eigenvalue weighted by Crippen LogP contribution is 2.29. The Balaban J connectivity index is 1.69. The zero-order chi connectivity index (χ0) is 16.2. The lowest BCUT2D eigenvalue weighted by atomic mass is 9.85. The maximum atomic E-state index is 12.1. The molecule has 3 nitrogen and oxygen atoms in total. The highest BCUT2D eigenvalue weighted by atomic mass is 35.5. The van der Waals surface area contributed by atoms with E-state index in [4.69, 9.17) is 21.1 Å². The summed E-state index contributed by atoms with van der Waals surface area (Å²) in [6.45, 7) is 0.489. The van der Waals surface area contributed by atoms with Crippen LogP contribution in [0.1, 0.15) is 11.1 Å². The largest absolute Gasteiger partial charge is 0.497 e. The molecule has 2 atom stereocenters. The van der Waals surface area contributed by atoms with Crippen LogP contribution < -0.4 is 4.74 Å². The third-order valence-electron chi connectivity index (χ3n) is 4.34. The van der Waals surface area contributed by atoms with Crippen molar-refractivity contribution in [3.63, 3.8) is 0 Å². The van der Waals surface area contributed by atoms with E-state index < -0.39 is 0 Å². The van der Waals surface area contributed by atoms with Crippen LogP contribution in [0.2, 0.25) is 5.02 Å². The summed E-state index contributed by atoms with van der Waals surface area (Å²) < 4.78 is 10.5. The van der Waals surface area contributed by atoms with Crippen molar-refractivity contribution in [3.8, 4) is 5.75 Å². The van der Waals surface area contributed by atoms with Gasteiger partial charge in [-0.2, -0.15) is 0 Å². The fourth-order valence-corrected chi connectivity index (χ4v) is 3.12. The van der Waals surface area contributed by atoms with E-state index in [0.29, 0.717) is 18.1 Å². The molecule has 0 radical (unpaired) electrons. The molecule has 0 aromatic heterocycles. The Morgan fingerprint density at radius 1 is 1.04 bits per heavy atom. The Kier molecular flexibility index (Phi) is 4.87. The van der Waals surface area contributed by atoms with E-state index in [0.717, 1.165) is 17.7 Å². The topological polar surface area (TPSA) is 35.5 Å². The van der Waals surface area contributed by atoms with Gasteiger partial charge in [0.2, 0.25) is 0 Å². The van der Waals surface area contributed by atoms with Crippen LogP contribution in [0.25, 0.3) is 0 Å². The second-order valence-corrected chi connectivity index (χ2v) is 6.32. The molecule has 0 bridgehead atoms. The van der Waals surface area contributed by atoms with Crippen molar-refractivity contribution in [1.82, 2.24) is 0 Å². The summed E-state index contributed by atoms with van der Waals surface area (Å²) in [6, 6.07) is 15.6. The second kappa shape index (κ2) is 7.05. The van der Waals surface area contributed by atoms with E-state index >= 15 is 0 Å². The van der Waals surface area contributed by atoms with Crippen LogP contribution in [0.4, 0.5) is 0 Å². The van der Waals surface area contributed by atoms with Gasteiger partial charge in [-0.1, -0.05) is 35.9 Å². The van der Waals surface area contributed by atoms with Gasteiger partial charge in [-0.15, -0.1) is 0 Å². The standard InChI is InChI=1S/C19H19ClO3/c1-22-17-8-4-13(5-9-17)10-15-12-23-19(21)18(15)11-14-2-6-16(20)7-3-14/h2-9,15,18H,10-12H2,1H3. The lowest BCUT2D eigenvalue weighted by Gasteiger charge is -2.15. The summed E-state index contributed by atoms with van der Waals surface area (Å²) in [7, 11) is 1.65. The van der Waals surface area contributed by atoms with Crippen LogP contribution in [0, 0.1) is 11.8 Å². The molecule has 4 heteroatoms. The van der Waals surface area contributed by atoms with Crippen molar-refractivity contribution >= 4 is 17.6 Å². The maximum absolute atomic E-state index is 12.1. The molecule has 2 aromatic carbocycles. The molecule has 3 rings (SSSR count). The van der Waals surface area contributed by atoms with Crippen LogP contribution in [-0.2, 0) is 22.4 Å². The molecule has 2 aromatic rings. The molecule has 1 aliphatic heterocycles. The monoisotopic (exact) mass is 330 g/mol. The van der Waals surface area contributed by atoms with Gasteiger partial charge in [-0.3, -0.25) is 4.79 Å². The summed E-state index contributed by atoms with van der Waals surface area (Å²) in [5.41, 5.74) is 2.30. The third kappa shape index (κ3) is 3.85.